The first kappa shape index (κ1) is 13.4. The van der Waals surface area contributed by atoms with Gasteiger partial charge in [-0.15, -0.1) is 0 Å². The molecular formula is C11H15N2O4. The van der Waals surface area contributed by atoms with Gasteiger partial charge in [0.25, 0.3) is 11.8 Å². The molecule has 1 aliphatic rings. The maximum atomic E-state index is 11.3. The van der Waals surface area contributed by atoms with E-state index in [1.807, 2.05) is 0 Å². The molecule has 1 heterocycles. The van der Waals surface area contributed by atoms with Gasteiger partial charge in [0.1, 0.15) is 0 Å². The van der Waals surface area contributed by atoms with Gasteiger partial charge in [0.05, 0.1) is 6.61 Å². The molecule has 0 spiro atoms. The molecule has 0 saturated carbocycles. The van der Waals surface area contributed by atoms with Crippen molar-refractivity contribution in [3.8, 4) is 0 Å². The molecule has 0 unspecified atom stereocenters. The first-order chi connectivity index (χ1) is 8.15. The molecule has 6 nitrogen and oxygen atoms in total. The van der Waals surface area contributed by atoms with Crippen molar-refractivity contribution in [1.82, 2.24) is 10.2 Å². The van der Waals surface area contributed by atoms with Gasteiger partial charge >= 0.3 is 0 Å². The molecule has 1 rings (SSSR count). The van der Waals surface area contributed by atoms with Crippen molar-refractivity contribution >= 4 is 17.7 Å². The number of unbranched alkanes of at least 4 members (excludes halogenated alkanes) is 1. The molecule has 0 fully saturated rings. The molecule has 6 heteroatoms. The third-order valence-electron chi connectivity index (χ3n) is 2.36. The average Bonchev–Trinajstić information content (AvgIpc) is 2.62. The van der Waals surface area contributed by atoms with E-state index in [0.29, 0.717) is 19.4 Å². The first-order valence-corrected chi connectivity index (χ1v) is 5.53. The fourth-order valence-electron chi connectivity index (χ4n) is 1.41. The molecule has 1 N–H and O–H groups in total. The number of carbonyl (C=O) groups is 3. The second-order valence-corrected chi connectivity index (χ2v) is 3.67. The van der Waals surface area contributed by atoms with Gasteiger partial charge in [-0.2, -0.15) is 0 Å². The monoisotopic (exact) mass is 239 g/mol. The van der Waals surface area contributed by atoms with Crippen LogP contribution >= 0.6 is 0 Å². The molecule has 0 bridgehead atoms. The van der Waals surface area contributed by atoms with E-state index in [1.54, 1.807) is 0 Å². The fourth-order valence-corrected chi connectivity index (χ4v) is 1.41. The lowest BCUT2D eigenvalue weighted by molar-refractivity contribution is -0.137. The number of hydrogen-bond acceptors (Lipinski definition) is 3. The summed E-state index contributed by atoms with van der Waals surface area (Å²) >= 11 is 0. The summed E-state index contributed by atoms with van der Waals surface area (Å²) in [6.07, 6.45) is 3.66. The van der Waals surface area contributed by atoms with Crippen LogP contribution in [0.5, 0.6) is 0 Å². The van der Waals surface area contributed by atoms with Crippen LogP contribution < -0.4 is 5.32 Å². The summed E-state index contributed by atoms with van der Waals surface area (Å²) in [5.74, 6) is -0.980. The van der Waals surface area contributed by atoms with Gasteiger partial charge in [-0.1, -0.05) is 0 Å². The van der Waals surface area contributed by atoms with Crippen molar-refractivity contribution in [2.45, 2.75) is 19.3 Å². The van der Waals surface area contributed by atoms with Gasteiger partial charge in [-0.25, -0.2) is 5.11 Å². The SMILES string of the molecule is [O]CCCCNC(=O)CCN1C(=O)C=CC1=O. The Bertz CT molecular complexity index is 320. The highest BCUT2D eigenvalue weighted by molar-refractivity contribution is 6.13. The van der Waals surface area contributed by atoms with Gasteiger partial charge in [0.15, 0.2) is 0 Å². The summed E-state index contributed by atoms with van der Waals surface area (Å²) in [4.78, 5) is 34.6. The van der Waals surface area contributed by atoms with E-state index in [-0.39, 0.29) is 37.3 Å². The normalized spacial score (nSPS) is 14.5. The van der Waals surface area contributed by atoms with Crippen LogP contribution in [0, 0.1) is 0 Å². The molecule has 3 amide bonds. The Kier molecular flexibility index (Phi) is 5.35. The lowest BCUT2D eigenvalue weighted by atomic mass is 10.3. The van der Waals surface area contributed by atoms with E-state index < -0.39 is 0 Å². The van der Waals surface area contributed by atoms with Crippen molar-refractivity contribution in [3.63, 3.8) is 0 Å². The van der Waals surface area contributed by atoms with Gasteiger partial charge in [0, 0.05) is 31.7 Å². The summed E-state index contributed by atoms with van der Waals surface area (Å²) in [7, 11) is 0. The zero-order valence-corrected chi connectivity index (χ0v) is 9.48. The minimum Gasteiger partial charge on any atom is -0.356 e. The van der Waals surface area contributed by atoms with Gasteiger partial charge in [0.2, 0.25) is 5.91 Å². The summed E-state index contributed by atoms with van der Waals surface area (Å²) < 4.78 is 0. The lowest BCUT2D eigenvalue weighted by Crippen LogP contribution is -2.34. The Labute approximate surface area is 99.3 Å². The molecule has 1 radical (unpaired) electrons. The Balaban J connectivity index is 2.16. The first-order valence-electron chi connectivity index (χ1n) is 5.53. The number of hydrogen-bond donors (Lipinski definition) is 1. The topological polar surface area (TPSA) is 86.4 Å². The van der Waals surface area contributed by atoms with Crippen LogP contribution in [0.3, 0.4) is 0 Å². The number of amides is 3. The molecule has 0 aromatic carbocycles. The van der Waals surface area contributed by atoms with Crippen LogP contribution in [0.2, 0.25) is 0 Å². The zero-order chi connectivity index (χ0) is 12.7. The van der Waals surface area contributed by atoms with Crippen LogP contribution in [-0.2, 0) is 19.5 Å². The molecule has 0 atom stereocenters. The molecule has 17 heavy (non-hydrogen) atoms. The lowest BCUT2D eigenvalue weighted by Gasteiger charge is -2.13. The zero-order valence-electron chi connectivity index (χ0n) is 9.48. The molecule has 0 aliphatic carbocycles. The second-order valence-electron chi connectivity index (χ2n) is 3.67. The van der Waals surface area contributed by atoms with Crippen molar-refractivity contribution in [1.29, 1.82) is 0 Å². The highest BCUT2D eigenvalue weighted by atomic mass is 16.3. The molecular weight excluding hydrogens is 224 g/mol. The predicted octanol–water partition coefficient (Wildman–Crippen LogP) is -0.372. The average molecular weight is 239 g/mol. The highest BCUT2D eigenvalue weighted by Gasteiger charge is 2.23. The van der Waals surface area contributed by atoms with Gasteiger partial charge in [-0.05, 0) is 12.8 Å². The fraction of sp³-hybridized carbons (Fsp3) is 0.545. The van der Waals surface area contributed by atoms with Crippen molar-refractivity contribution in [2.75, 3.05) is 19.7 Å². The van der Waals surface area contributed by atoms with Crippen molar-refractivity contribution in [2.24, 2.45) is 0 Å². The van der Waals surface area contributed by atoms with E-state index in [4.69, 9.17) is 0 Å². The smallest absolute Gasteiger partial charge is 0.253 e. The van der Waals surface area contributed by atoms with Crippen LogP contribution in [-0.4, -0.2) is 42.3 Å². The minimum atomic E-state index is -0.380. The largest absolute Gasteiger partial charge is 0.356 e. The number of carbonyl (C=O) groups excluding carboxylic acids is 3. The molecule has 93 valence electrons. The molecule has 1 aliphatic heterocycles. The van der Waals surface area contributed by atoms with Crippen molar-refractivity contribution < 1.29 is 19.5 Å². The Morgan fingerprint density at radius 2 is 1.82 bits per heavy atom. The van der Waals surface area contributed by atoms with E-state index in [1.165, 1.54) is 12.2 Å². The maximum Gasteiger partial charge on any atom is 0.253 e. The van der Waals surface area contributed by atoms with Crippen LogP contribution in [0.1, 0.15) is 19.3 Å². The molecule has 0 aromatic rings. The Morgan fingerprint density at radius 1 is 1.18 bits per heavy atom. The predicted molar refractivity (Wildman–Crippen MR) is 58.3 cm³/mol. The van der Waals surface area contributed by atoms with Crippen LogP contribution in [0.25, 0.3) is 0 Å². The number of nitrogens with one attached hydrogen (secondary N) is 1. The quantitative estimate of drug-likeness (QED) is 0.485. The van der Waals surface area contributed by atoms with E-state index in [2.05, 4.69) is 5.32 Å². The van der Waals surface area contributed by atoms with E-state index >= 15 is 0 Å². The Morgan fingerprint density at radius 3 is 2.41 bits per heavy atom. The van der Waals surface area contributed by atoms with Gasteiger partial charge < -0.3 is 5.32 Å². The summed E-state index contributed by atoms with van der Waals surface area (Å²) in [6.45, 7) is 0.414. The molecule has 0 saturated heterocycles. The third kappa shape index (κ3) is 4.36. The maximum absolute atomic E-state index is 11.3. The van der Waals surface area contributed by atoms with E-state index in [0.717, 1.165) is 4.90 Å². The summed E-state index contributed by atoms with van der Waals surface area (Å²) in [5, 5.41) is 12.8. The minimum absolute atomic E-state index is 0.0938. The number of nitrogens with zero attached hydrogens (tertiary/aromatic N) is 1. The highest BCUT2D eigenvalue weighted by Crippen LogP contribution is 2.03. The van der Waals surface area contributed by atoms with Crippen LogP contribution in [0.4, 0.5) is 0 Å². The van der Waals surface area contributed by atoms with E-state index in [9.17, 15) is 19.5 Å². The third-order valence-corrected chi connectivity index (χ3v) is 2.36. The van der Waals surface area contributed by atoms with Gasteiger partial charge in [-0.3, -0.25) is 19.3 Å². The number of imide groups is 1. The molecule has 0 aromatic heterocycles. The summed E-state index contributed by atoms with van der Waals surface area (Å²) in [6, 6.07) is 0. The summed E-state index contributed by atoms with van der Waals surface area (Å²) in [5.41, 5.74) is 0. The van der Waals surface area contributed by atoms with Crippen molar-refractivity contribution in [3.05, 3.63) is 12.2 Å². The second kappa shape index (κ2) is 6.80. The Hall–Kier alpha value is -1.69. The number of rotatable bonds is 7. The van der Waals surface area contributed by atoms with Crippen LogP contribution in [0.15, 0.2) is 12.2 Å². The standard InChI is InChI=1S/C11H15N2O4/c14-8-2-1-6-12-9(15)5-7-13-10(16)3-4-11(13)17/h3-4H,1-2,5-8H2,(H,12,15).